The van der Waals surface area contributed by atoms with Gasteiger partial charge in [0.2, 0.25) is 5.91 Å². The fourth-order valence-corrected chi connectivity index (χ4v) is 2.31. The van der Waals surface area contributed by atoms with E-state index in [1.54, 1.807) is 30.5 Å². The number of fused-ring (bicyclic) bond motifs is 1. The summed E-state index contributed by atoms with van der Waals surface area (Å²) in [6.07, 6.45) is 3.65. The standard InChI is InChI=1S/C18H14N4O/c19-10-13-5-7-14(8-6-13)11-21-22-18(23)9-15-12-20-17-4-2-1-3-16(15)17/h1-8,11-12,20H,9H2,(H,22,23)/b21-11-. The molecule has 0 aliphatic heterocycles. The Morgan fingerprint density at radius 2 is 2.00 bits per heavy atom. The quantitative estimate of drug-likeness (QED) is 0.574. The van der Waals surface area contributed by atoms with E-state index >= 15 is 0 Å². The minimum absolute atomic E-state index is 0.181. The second-order valence-electron chi connectivity index (χ2n) is 5.06. The molecule has 1 amide bonds. The molecular weight excluding hydrogens is 288 g/mol. The summed E-state index contributed by atoms with van der Waals surface area (Å²) in [4.78, 5) is 15.1. The molecule has 23 heavy (non-hydrogen) atoms. The molecule has 3 aromatic rings. The van der Waals surface area contributed by atoms with E-state index in [-0.39, 0.29) is 12.3 Å². The number of hydrogen-bond donors (Lipinski definition) is 2. The number of nitriles is 1. The van der Waals surface area contributed by atoms with Crippen molar-refractivity contribution in [1.29, 1.82) is 5.26 Å². The van der Waals surface area contributed by atoms with Gasteiger partial charge >= 0.3 is 0 Å². The number of carbonyl (C=O) groups excluding carboxylic acids is 1. The van der Waals surface area contributed by atoms with Gasteiger partial charge in [0.15, 0.2) is 0 Å². The number of hydrazone groups is 1. The molecule has 0 aliphatic rings. The van der Waals surface area contributed by atoms with Crippen LogP contribution in [0.1, 0.15) is 16.7 Å². The number of nitrogens with zero attached hydrogens (tertiary/aromatic N) is 2. The average Bonchev–Trinajstić information content (AvgIpc) is 2.99. The monoisotopic (exact) mass is 302 g/mol. The Bertz CT molecular complexity index is 901. The molecule has 112 valence electrons. The zero-order valence-electron chi connectivity index (χ0n) is 12.3. The Balaban J connectivity index is 1.61. The number of benzene rings is 2. The van der Waals surface area contributed by atoms with Crippen LogP contribution in [0.15, 0.2) is 59.8 Å². The molecule has 2 aromatic carbocycles. The number of hydrogen-bond acceptors (Lipinski definition) is 3. The van der Waals surface area contributed by atoms with E-state index in [4.69, 9.17) is 5.26 Å². The predicted molar refractivity (Wildman–Crippen MR) is 88.9 cm³/mol. The fraction of sp³-hybridized carbons (Fsp3) is 0.0556. The molecule has 3 rings (SSSR count). The highest BCUT2D eigenvalue weighted by Gasteiger charge is 2.07. The van der Waals surface area contributed by atoms with Crippen molar-refractivity contribution in [2.75, 3.05) is 0 Å². The largest absolute Gasteiger partial charge is 0.361 e. The van der Waals surface area contributed by atoms with Crippen molar-refractivity contribution in [2.45, 2.75) is 6.42 Å². The predicted octanol–water partition coefficient (Wildman–Crippen LogP) is 2.73. The smallest absolute Gasteiger partial charge is 0.244 e. The molecule has 0 atom stereocenters. The molecule has 1 aromatic heterocycles. The average molecular weight is 302 g/mol. The molecule has 0 radical (unpaired) electrons. The minimum atomic E-state index is -0.181. The minimum Gasteiger partial charge on any atom is -0.361 e. The van der Waals surface area contributed by atoms with Gasteiger partial charge in [-0.25, -0.2) is 5.43 Å². The van der Waals surface area contributed by atoms with Gasteiger partial charge in [0, 0.05) is 17.1 Å². The summed E-state index contributed by atoms with van der Waals surface area (Å²) in [6, 6.07) is 16.8. The lowest BCUT2D eigenvalue weighted by molar-refractivity contribution is -0.120. The van der Waals surface area contributed by atoms with Gasteiger partial charge in [-0.2, -0.15) is 10.4 Å². The number of H-pyrrole nitrogens is 1. The molecule has 5 heteroatoms. The zero-order chi connectivity index (χ0) is 16.1. The Morgan fingerprint density at radius 1 is 1.22 bits per heavy atom. The van der Waals surface area contributed by atoms with Crippen LogP contribution in [-0.2, 0) is 11.2 Å². The van der Waals surface area contributed by atoms with Crippen LogP contribution in [-0.4, -0.2) is 17.1 Å². The normalized spacial score (nSPS) is 10.7. The molecule has 5 nitrogen and oxygen atoms in total. The molecule has 0 fully saturated rings. The first kappa shape index (κ1) is 14.5. The maximum Gasteiger partial charge on any atom is 0.244 e. The number of amides is 1. The highest BCUT2D eigenvalue weighted by Crippen LogP contribution is 2.17. The van der Waals surface area contributed by atoms with Crippen molar-refractivity contribution in [3.8, 4) is 6.07 Å². The fourth-order valence-electron chi connectivity index (χ4n) is 2.31. The lowest BCUT2D eigenvalue weighted by atomic mass is 10.1. The van der Waals surface area contributed by atoms with Gasteiger partial charge in [0.05, 0.1) is 24.3 Å². The van der Waals surface area contributed by atoms with Crippen LogP contribution in [0.25, 0.3) is 10.9 Å². The van der Waals surface area contributed by atoms with Gasteiger partial charge in [-0.15, -0.1) is 0 Å². The molecule has 0 aliphatic carbocycles. The molecule has 1 heterocycles. The van der Waals surface area contributed by atoms with Crippen LogP contribution >= 0.6 is 0 Å². The first-order chi connectivity index (χ1) is 11.3. The topological polar surface area (TPSA) is 81.0 Å². The van der Waals surface area contributed by atoms with Crippen LogP contribution in [0, 0.1) is 11.3 Å². The van der Waals surface area contributed by atoms with Gasteiger partial charge in [-0.3, -0.25) is 4.79 Å². The van der Waals surface area contributed by atoms with Crippen LogP contribution in [0.4, 0.5) is 0 Å². The molecule has 0 unspecified atom stereocenters. The van der Waals surface area contributed by atoms with Gasteiger partial charge in [0.1, 0.15) is 0 Å². The number of aromatic nitrogens is 1. The summed E-state index contributed by atoms with van der Waals surface area (Å²) in [5.41, 5.74) is 5.87. The van der Waals surface area contributed by atoms with E-state index in [9.17, 15) is 4.79 Å². The van der Waals surface area contributed by atoms with Crippen LogP contribution in [0.3, 0.4) is 0 Å². The van der Waals surface area contributed by atoms with Gasteiger partial charge < -0.3 is 4.98 Å². The van der Waals surface area contributed by atoms with E-state index in [0.717, 1.165) is 22.0 Å². The first-order valence-corrected chi connectivity index (χ1v) is 7.13. The van der Waals surface area contributed by atoms with Crippen LogP contribution in [0.2, 0.25) is 0 Å². The summed E-state index contributed by atoms with van der Waals surface area (Å²) in [5, 5.41) is 13.7. The van der Waals surface area contributed by atoms with E-state index in [1.807, 2.05) is 30.5 Å². The third-order valence-electron chi connectivity index (χ3n) is 3.47. The Hall–Kier alpha value is -3.39. The molecule has 2 N–H and O–H groups in total. The molecule has 0 bridgehead atoms. The summed E-state index contributed by atoms with van der Waals surface area (Å²) < 4.78 is 0. The van der Waals surface area contributed by atoms with E-state index < -0.39 is 0 Å². The van der Waals surface area contributed by atoms with E-state index in [1.165, 1.54) is 0 Å². The highest BCUT2D eigenvalue weighted by molar-refractivity contribution is 5.89. The third kappa shape index (κ3) is 3.44. The number of rotatable bonds is 4. The third-order valence-corrected chi connectivity index (χ3v) is 3.47. The van der Waals surface area contributed by atoms with Gasteiger partial charge in [-0.1, -0.05) is 30.3 Å². The van der Waals surface area contributed by atoms with E-state index in [2.05, 4.69) is 21.6 Å². The maximum absolute atomic E-state index is 12.0. The Labute approximate surface area is 133 Å². The van der Waals surface area contributed by atoms with Crippen molar-refractivity contribution < 1.29 is 4.79 Å². The van der Waals surface area contributed by atoms with Crippen molar-refractivity contribution in [2.24, 2.45) is 5.10 Å². The van der Waals surface area contributed by atoms with Gasteiger partial charge in [0.25, 0.3) is 0 Å². The Kier molecular flexibility index (Phi) is 4.16. The second-order valence-corrected chi connectivity index (χ2v) is 5.06. The number of para-hydroxylation sites is 1. The van der Waals surface area contributed by atoms with Crippen LogP contribution in [0.5, 0.6) is 0 Å². The van der Waals surface area contributed by atoms with Crippen molar-refractivity contribution in [3.63, 3.8) is 0 Å². The molecule has 0 spiro atoms. The summed E-state index contributed by atoms with van der Waals surface area (Å²) in [6.45, 7) is 0. The summed E-state index contributed by atoms with van der Waals surface area (Å²) in [5.74, 6) is -0.181. The van der Waals surface area contributed by atoms with Gasteiger partial charge in [-0.05, 0) is 29.3 Å². The van der Waals surface area contributed by atoms with E-state index in [0.29, 0.717) is 5.56 Å². The Morgan fingerprint density at radius 3 is 2.78 bits per heavy atom. The highest BCUT2D eigenvalue weighted by atomic mass is 16.2. The SMILES string of the molecule is N#Cc1ccc(/C=N\NC(=O)Cc2c[nH]c3ccccc23)cc1. The molecule has 0 saturated heterocycles. The van der Waals surface area contributed by atoms with Crippen LogP contribution < -0.4 is 5.43 Å². The van der Waals surface area contributed by atoms with Crippen molar-refractivity contribution in [3.05, 3.63) is 71.4 Å². The number of aromatic amines is 1. The summed E-state index contributed by atoms with van der Waals surface area (Å²) >= 11 is 0. The number of carbonyl (C=O) groups is 1. The van der Waals surface area contributed by atoms with Crippen molar-refractivity contribution >= 4 is 23.0 Å². The van der Waals surface area contributed by atoms with Crippen molar-refractivity contribution in [1.82, 2.24) is 10.4 Å². The molecule has 0 saturated carbocycles. The lowest BCUT2D eigenvalue weighted by Crippen LogP contribution is -2.19. The maximum atomic E-state index is 12.0. The molecular formula is C18H14N4O. The number of nitrogens with one attached hydrogen (secondary N) is 2. The first-order valence-electron chi connectivity index (χ1n) is 7.13. The summed E-state index contributed by atoms with van der Waals surface area (Å²) in [7, 11) is 0. The lowest BCUT2D eigenvalue weighted by Gasteiger charge is -1.99. The second kappa shape index (κ2) is 6.58. The zero-order valence-corrected chi connectivity index (χ0v) is 12.3.